The molecule has 2 heterocycles. The lowest BCUT2D eigenvalue weighted by Gasteiger charge is -2.31. The van der Waals surface area contributed by atoms with Crippen molar-refractivity contribution in [3.63, 3.8) is 0 Å². The number of hydrogen-bond acceptors (Lipinski definition) is 5. The Bertz CT molecular complexity index is 1130. The van der Waals surface area contributed by atoms with Gasteiger partial charge in [-0.3, -0.25) is 0 Å². The maximum atomic E-state index is 14.6. The molecule has 0 fully saturated rings. The van der Waals surface area contributed by atoms with Crippen molar-refractivity contribution < 1.29 is 13.9 Å². The molecule has 9 heteroatoms. The van der Waals surface area contributed by atoms with Crippen molar-refractivity contribution in [2.24, 2.45) is 0 Å². The minimum Gasteiger partial charge on any atom is -0.378 e. The van der Waals surface area contributed by atoms with Gasteiger partial charge in [-0.05, 0) is 35.4 Å². The molecule has 0 aliphatic heterocycles. The van der Waals surface area contributed by atoms with Gasteiger partial charge in [0.2, 0.25) is 0 Å². The van der Waals surface area contributed by atoms with Gasteiger partial charge in [0.25, 0.3) is 0 Å². The second-order valence-electron chi connectivity index (χ2n) is 6.44. The lowest BCUT2D eigenvalue weighted by molar-refractivity contribution is 0.0726. The molecule has 0 spiro atoms. The molecule has 0 aliphatic rings. The number of benzene rings is 2. The van der Waals surface area contributed by atoms with Gasteiger partial charge in [-0.2, -0.15) is 10.2 Å². The van der Waals surface area contributed by atoms with Crippen molar-refractivity contribution in [3.8, 4) is 5.69 Å². The highest BCUT2D eigenvalue weighted by Crippen LogP contribution is 2.38. The van der Waals surface area contributed by atoms with Crippen LogP contribution in [0.5, 0.6) is 0 Å². The Morgan fingerprint density at radius 1 is 1.00 bits per heavy atom. The zero-order valence-electron chi connectivity index (χ0n) is 15.2. The normalized spacial score (nSPS) is 13.2. The Kier molecular flexibility index (Phi) is 4.73. The maximum Gasteiger partial charge on any atom is 0.138 e. The Balaban J connectivity index is 1.75. The average molecular weight is 394 g/mol. The SMILES string of the molecule is C=C(c1ccc(-n2cncn2)cc1)C(O)(Cn1cncn1)c1ccc(F)cc1F. The Labute approximate surface area is 164 Å². The topological polar surface area (TPSA) is 81.6 Å². The molecule has 2 aromatic heterocycles. The quantitative estimate of drug-likeness (QED) is 0.544. The smallest absolute Gasteiger partial charge is 0.138 e. The number of aromatic nitrogens is 6. The lowest BCUT2D eigenvalue weighted by Crippen LogP contribution is -2.34. The molecule has 29 heavy (non-hydrogen) atoms. The monoisotopic (exact) mass is 394 g/mol. The van der Waals surface area contributed by atoms with Gasteiger partial charge in [0.05, 0.1) is 12.2 Å². The summed E-state index contributed by atoms with van der Waals surface area (Å²) in [5.74, 6) is -1.62. The summed E-state index contributed by atoms with van der Waals surface area (Å²) in [6, 6.07) is 10.0. The summed E-state index contributed by atoms with van der Waals surface area (Å²) < 4.78 is 31.0. The van der Waals surface area contributed by atoms with Gasteiger partial charge in [-0.25, -0.2) is 28.1 Å². The van der Waals surface area contributed by atoms with Crippen molar-refractivity contribution in [1.82, 2.24) is 29.5 Å². The summed E-state index contributed by atoms with van der Waals surface area (Å²) in [7, 11) is 0. The third-order valence-corrected chi connectivity index (χ3v) is 4.63. The second-order valence-corrected chi connectivity index (χ2v) is 6.44. The average Bonchev–Trinajstić information content (AvgIpc) is 3.41. The molecule has 1 unspecified atom stereocenters. The van der Waals surface area contributed by atoms with Crippen LogP contribution in [0.1, 0.15) is 11.1 Å². The molecule has 0 saturated heterocycles. The second kappa shape index (κ2) is 7.36. The fourth-order valence-corrected chi connectivity index (χ4v) is 3.11. The molecule has 2 aromatic carbocycles. The highest BCUT2D eigenvalue weighted by molar-refractivity contribution is 5.72. The van der Waals surface area contributed by atoms with Crippen LogP contribution in [0.4, 0.5) is 8.78 Å². The molecule has 0 radical (unpaired) electrons. The van der Waals surface area contributed by atoms with E-state index in [4.69, 9.17) is 0 Å². The van der Waals surface area contributed by atoms with Gasteiger partial charge < -0.3 is 5.11 Å². The van der Waals surface area contributed by atoms with E-state index in [9.17, 15) is 13.9 Å². The summed E-state index contributed by atoms with van der Waals surface area (Å²) in [5, 5.41) is 19.6. The third kappa shape index (κ3) is 3.55. The fourth-order valence-electron chi connectivity index (χ4n) is 3.11. The van der Waals surface area contributed by atoms with Crippen LogP contribution in [-0.4, -0.2) is 34.6 Å². The minimum atomic E-state index is -1.89. The number of halogens is 2. The van der Waals surface area contributed by atoms with Crippen molar-refractivity contribution in [3.05, 3.63) is 97.1 Å². The van der Waals surface area contributed by atoms with Crippen LogP contribution < -0.4 is 0 Å². The molecule has 0 aliphatic carbocycles. The van der Waals surface area contributed by atoms with Gasteiger partial charge in [-0.15, -0.1) is 0 Å². The van der Waals surface area contributed by atoms with Crippen molar-refractivity contribution >= 4 is 5.57 Å². The molecular weight excluding hydrogens is 378 g/mol. The van der Waals surface area contributed by atoms with Gasteiger partial charge in [0.15, 0.2) is 0 Å². The predicted octanol–water partition coefficient (Wildman–Crippen LogP) is 2.74. The van der Waals surface area contributed by atoms with Gasteiger partial charge in [-0.1, -0.05) is 18.7 Å². The lowest BCUT2D eigenvalue weighted by atomic mass is 9.82. The molecule has 4 aromatic rings. The molecule has 0 bridgehead atoms. The van der Waals surface area contributed by atoms with Crippen LogP contribution in [0.25, 0.3) is 11.3 Å². The van der Waals surface area contributed by atoms with E-state index >= 15 is 0 Å². The first-order chi connectivity index (χ1) is 14.0. The minimum absolute atomic E-state index is 0.111. The van der Waals surface area contributed by atoms with Crippen molar-refractivity contribution in [2.45, 2.75) is 12.1 Å². The van der Waals surface area contributed by atoms with E-state index in [1.165, 1.54) is 29.7 Å². The number of nitrogens with zero attached hydrogens (tertiary/aromatic N) is 6. The van der Waals surface area contributed by atoms with Crippen LogP contribution in [0.2, 0.25) is 0 Å². The van der Waals surface area contributed by atoms with E-state index < -0.39 is 17.2 Å². The first kappa shape index (κ1) is 18.6. The Morgan fingerprint density at radius 2 is 1.72 bits per heavy atom. The third-order valence-electron chi connectivity index (χ3n) is 4.63. The molecule has 1 N–H and O–H groups in total. The summed E-state index contributed by atoms with van der Waals surface area (Å²) in [6.45, 7) is 3.85. The summed E-state index contributed by atoms with van der Waals surface area (Å²) in [5.41, 5.74) is -0.448. The standard InChI is InChI=1S/C20H16F2N6O/c1-14(15-2-5-17(6-3-15)28-13-24-11-26-28)20(29,9-27-12-23-10-25-27)18-7-4-16(21)8-19(18)22/h2-8,10-13,29H,1,9H2. The van der Waals surface area contributed by atoms with Crippen molar-refractivity contribution in [2.75, 3.05) is 0 Å². The number of rotatable bonds is 6. The Morgan fingerprint density at radius 3 is 2.34 bits per heavy atom. The highest BCUT2D eigenvalue weighted by atomic mass is 19.1. The fraction of sp³-hybridized carbons (Fsp3) is 0.100. The van der Waals surface area contributed by atoms with E-state index in [-0.39, 0.29) is 17.7 Å². The number of aliphatic hydroxyl groups is 1. The van der Waals surface area contributed by atoms with E-state index in [1.54, 1.807) is 35.3 Å². The first-order valence-electron chi connectivity index (χ1n) is 8.62. The number of hydrogen-bond donors (Lipinski definition) is 1. The maximum absolute atomic E-state index is 14.6. The van der Waals surface area contributed by atoms with E-state index in [0.717, 1.165) is 17.8 Å². The zero-order chi connectivity index (χ0) is 20.4. The van der Waals surface area contributed by atoms with E-state index in [1.807, 2.05) is 0 Å². The van der Waals surface area contributed by atoms with Gasteiger partial charge in [0, 0.05) is 11.6 Å². The Hall–Kier alpha value is -3.72. The molecule has 4 rings (SSSR count). The molecule has 0 saturated carbocycles. The van der Waals surface area contributed by atoms with Crippen LogP contribution >= 0.6 is 0 Å². The van der Waals surface area contributed by atoms with Crippen molar-refractivity contribution in [1.29, 1.82) is 0 Å². The van der Waals surface area contributed by atoms with Gasteiger partial charge >= 0.3 is 0 Å². The first-order valence-corrected chi connectivity index (χ1v) is 8.62. The largest absolute Gasteiger partial charge is 0.378 e. The van der Waals surface area contributed by atoms with E-state index in [0.29, 0.717) is 5.56 Å². The van der Waals surface area contributed by atoms with Crippen LogP contribution in [0.15, 0.2) is 74.4 Å². The summed E-state index contributed by atoms with van der Waals surface area (Å²) in [6.07, 6.45) is 5.67. The zero-order valence-corrected chi connectivity index (χ0v) is 15.2. The van der Waals surface area contributed by atoms with Crippen LogP contribution in [0.3, 0.4) is 0 Å². The van der Waals surface area contributed by atoms with Crippen LogP contribution in [-0.2, 0) is 12.1 Å². The molecular formula is C20H16F2N6O. The van der Waals surface area contributed by atoms with Crippen LogP contribution in [0, 0.1) is 11.6 Å². The van der Waals surface area contributed by atoms with E-state index in [2.05, 4.69) is 26.7 Å². The highest BCUT2D eigenvalue weighted by Gasteiger charge is 2.37. The summed E-state index contributed by atoms with van der Waals surface area (Å²) >= 11 is 0. The summed E-state index contributed by atoms with van der Waals surface area (Å²) in [4.78, 5) is 7.75. The molecule has 0 amide bonds. The molecule has 1 atom stereocenters. The molecule has 146 valence electrons. The van der Waals surface area contributed by atoms with Gasteiger partial charge in [0.1, 0.15) is 42.5 Å². The predicted molar refractivity (Wildman–Crippen MR) is 101 cm³/mol. The molecule has 7 nitrogen and oxygen atoms in total.